The average molecular weight is 330 g/mol. The third kappa shape index (κ3) is 4.41. The number of carbonyl (C=O) groups is 2. The fourth-order valence-electron chi connectivity index (χ4n) is 2.30. The number of nitrogens with one attached hydrogen (secondary N) is 2. The van der Waals surface area contributed by atoms with E-state index in [0.29, 0.717) is 23.7 Å². The van der Waals surface area contributed by atoms with E-state index in [1.165, 1.54) is 0 Å². The topological polar surface area (TPSA) is 97.1 Å². The molecule has 0 aliphatic rings. The number of hydrogen-bond acceptors (Lipinski definition) is 5. The molecule has 0 bridgehead atoms. The zero-order valence-corrected chi connectivity index (χ0v) is 14.3. The number of nitrogens with zero attached hydrogens (tertiary/aromatic N) is 2. The van der Waals surface area contributed by atoms with Gasteiger partial charge in [-0.1, -0.05) is 19.0 Å². The van der Waals surface area contributed by atoms with Crippen molar-refractivity contribution in [3.05, 3.63) is 35.7 Å². The van der Waals surface area contributed by atoms with Gasteiger partial charge in [0.1, 0.15) is 6.04 Å². The summed E-state index contributed by atoms with van der Waals surface area (Å²) < 4.78 is 5.09. The van der Waals surface area contributed by atoms with Crippen molar-refractivity contribution in [2.45, 2.75) is 33.2 Å². The van der Waals surface area contributed by atoms with Crippen LogP contribution in [0.15, 0.2) is 28.8 Å². The van der Waals surface area contributed by atoms with E-state index < -0.39 is 6.04 Å². The van der Waals surface area contributed by atoms with Gasteiger partial charge >= 0.3 is 0 Å². The number of hydrogen-bond donors (Lipinski definition) is 2. The van der Waals surface area contributed by atoms with E-state index >= 15 is 0 Å². The summed E-state index contributed by atoms with van der Waals surface area (Å²) in [5.74, 6) is 0.750. The summed E-state index contributed by atoms with van der Waals surface area (Å²) in [5, 5.41) is 9.09. The smallest absolute Gasteiger partial charge is 0.257 e. The standard InChI is InChI=1S/C17H22N4O3/c1-10(2)9-14(16(23)18-4)20-15(22)12-5-7-13(8-6-12)17-19-11(3)21-24-17/h5-8,10,14H,9H2,1-4H3,(H,18,23)(H,20,22). The van der Waals surface area contributed by atoms with E-state index in [0.717, 1.165) is 5.56 Å². The fourth-order valence-corrected chi connectivity index (χ4v) is 2.30. The number of carbonyl (C=O) groups excluding carboxylic acids is 2. The molecular formula is C17H22N4O3. The molecule has 0 aliphatic heterocycles. The Balaban J connectivity index is 2.09. The lowest BCUT2D eigenvalue weighted by molar-refractivity contribution is -0.122. The minimum atomic E-state index is -0.555. The second-order valence-electron chi connectivity index (χ2n) is 5.99. The number of aromatic nitrogens is 2. The Labute approximate surface area is 140 Å². The summed E-state index contributed by atoms with van der Waals surface area (Å²) in [6.45, 7) is 5.75. The molecule has 0 saturated heterocycles. The normalized spacial score (nSPS) is 12.0. The van der Waals surface area contributed by atoms with Gasteiger partial charge in [0.2, 0.25) is 5.91 Å². The van der Waals surface area contributed by atoms with E-state index in [4.69, 9.17) is 4.52 Å². The summed E-state index contributed by atoms with van der Waals surface area (Å²) in [7, 11) is 1.56. The van der Waals surface area contributed by atoms with Gasteiger partial charge in [-0.05, 0) is 43.5 Å². The molecule has 0 spiro atoms. The van der Waals surface area contributed by atoms with E-state index in [1.54, 1.807) is 38.2 Å². The van der Waals surface area contributed by atoms with Gasteiger partial charge in [-0.3, -0.25) is 9.59 Å². The van der Waals surface area contributed by atoms with Crippen molar-refractivity contribution in [2.75, 3.05) is 7.05 Å². The van der Waals surface area contributed by atoms with Gasteiger partial charge < -0.3 is 15.2 Å². The van der Waals surface area contributed by atoms with Crippen molar-refractivity contribution in [3.63, 3.8) is 0 Å². The van der Waals surface area contributed by atoms with Crippen molar-refractivity contribution in [1.82, 2.24) is 20.8 Å². The Kier molecular flexibility index (Phi) is 5.68. The third-order valence-electron chi connectivity index (χ3n) is 3.50. The molecule has 7 nitrogen and oxygen atoms in total. The lowest BCUT2D eigenvalue weighted by Gasteiger charge is -2.19. The Morgan fingerprint density at radius 3 is 2.38 bits per heavy atom. The van der Waals surface area contributed by atoms with Crippen LogP contribution in [-0.4, -0.2) is 35.0 Å². The summed E-state index contributed by atoms with van der Waals surface area (Å²) in [4.78, 5) is 28.4. The number of amides is 2. The van der Waals surface area contributed by atoms with Crippen LogP contribution < -0.4 is 10.6 Å². The first-order valence-electron chi connectivity index (χ1n) is 7.84. The molecule has 2 amide bonds. The van der Waals surface area contributed by atoms with Gasteiger partial charge in [0.25, 0.3) is 11.8 Å². The van der Waals surface area contributed by atoms with Crippen LogP contribution >= 0.6 is 0 Å². The maximum Gasteiger partial charge on any atom is 0.257 e. The molecule has 0 saturated carbocycles. The first kappa shape index (κ1) is 17.7. The first-order valence-corrected chi connectivity index (χ1v) is 7.84. The lowest BCUT2D eigenvalue weighted by Crippen LogP contribution is -2.46. The molecule has 24 heavy (non-hydrogen) atoms. The van der Waals surface area contributed by atoms with Crippen LogP contribution in [0.1, 0.15) is 36.5 Å². The molecule has 2 aromatic rings. The predicted octanol–water partition coefficient (Wildman–Crippen LogP) is 1.94. The zero-order chi connectivity index (χ0) is 17.7. The second kappa shape index (κ2) is 7.72. The molecule has 0 fully saturated rings. The van der Waals surface area contributed by atoms with Gasteiger partial charge in [0, 0.05) is 18.2 Å². The average Bonchev–Trinajstić information content (AvgIpc) is 2.99. The van der Waals surface area contributed by atoms with Crippen LogP contribution in [0, 0.1) is 12.8 Å². The van der Waals surface area contributed by atoms with Crippen molar-refractivity contribution < 1.29 is 14.1 Å². The Bertz CT molecular complexity index is 707. The molecule has 2 rings (SSSR count). The highest BCUT2D eigenvalue weighted by Crippen LogP contribution is 2.17. The molecule has 2 N–H and O–H groups in total. The number of benzene rings is 1. The van der Waals surface area contributed by atoms with Crippen molar-refractivity contribution in [3.8, 4) is 11.5 Å². The van der Waals surface area contributed by atoms with Gasteiger partial charge in [-0.15, -0.1) is 0 Å². The predicted molar refractivity (Wildman–Crippen MR) is 89.2 cm³/mol. The van der Waals surface area contributed by atoms with Gasteiger partial charge in [0.05, 0.1) is 0 Å². The minimum absolute atomic E-state index is 0.199. The lowest BCUT2D eigenvalue weighted by atomic mass is 10.0. The van der Waals surface area contributed by atoms with Crippen LogP contribution in [0.3, 0.4) is 0 Å². The largest absolute Gasteiger partial charge is 0.357 e. The van der Waals surface area contributed by atoms with E-state index in [2.05, 4.69) is 20.8 Å². The highest BCUT2D eigenvalue weighted by atomic mass is 16.5. The summed E-state index contributed by atoms with van der Waals surface area (Å²) >= 11 is 0. The molecule has 1 aromatic carbocycles. The Morgan fingerprint density at radius 2 is 1.88 bits per heavy atom. The molecule has 0 aliphatic carbocycles. The number of rotatable bonds is 6. The quantitative estimate of drug-likeness (QED) is 0.843. The summed E-state index contributed by atoms with van der Waals surface area (Å²) in [6.07, 6.45) is 0.574. The molecule has 1 unspecified atom stereocenters. The molecule has 7 heteroatoms. The Morgan fingerprint density at radius 1 is 1.21 bits per heavy atom. The van der Waals surface area contributed by atoms with Crippen LogP contribution in [-0.2, 0) is 4.79 Å². The second-order valence-corrected chi connectivity index (χ2v) is 5.99. The van der Waals surface area contributed by atoms with Crippen LogP contribution in [0.4, 0.5) is 0 Å². The summed E-state index contributed by atoms with van der Waals surface area (Å²) in [6, 6.07) is 6.25. The maximum absolute atomic E-state index is 12.4. The first-order chi connectivity index (χ1) is 11.4. The highest BCUT2D eigenvalue weighted by Gasteiger charge is 2.21. The molecule has 1 atom stereocenters. The molecule has 1 heterocycles. The fraction of sp³-hybridized carbons (Fsp3) is 0.412. The van der Waals surface area contributed by atoms with Crippen molar-refractivity contribution in [2.24, 2.45) is 5.92 Å². The van der Waals surface area contributed by atoms with Gasteiger partial charge in [-0.2, -0.15) is 4.98 Å². The molecule has 128 valence electrons. The SMILES string of the molecule is CNC(=O)C(CC(C)C)NC(=O)c1ccc(-c2nc(C)no2)cc1. The Hall–Kier alpha value is -2.70. The minimum Gasteiger partial charge on any atom is -0.357 e. The molecule has 0 radical (unpaired) electrons. The number of aryl methyl sites for hydroxylation is 1. The third-order valence-corrected chi connectivity index (χ3v) is 3.50. The van der Waals surface area contributed by atoms with Crippen molar-refractivity contribution >= 4 is 11.8 Å². The van der Waals surface area contributed by atoms with Crippen LogP contribution in [0.2, 0.25) is 0 Å². The van der Waals surface area contributed by atoms with E-state index in [1.807, 2.05) is 13.8 Å². The van der Waals surface area contributed by atoms with Crippen molar-refractivity contribution in [1.29, 1.82) is 0 Å². The highest BCUT2D eigenvalue weighted by molar-refractivity contribution is 5.97. The van der Waals surface area contributed by atoms with E-state index in [-0.39, 0.29) is 17.7 Å². The summed E-state index contributed by atoms with van der Waals surface area (Å²) in [5.41, 5.74) is 1.20. The van der Waals surface area contributed by atoms with Gasteiger partial charge in [-0.25, -0.2) is 0 Å². The van der Waals surface area contributed by atoms with Gasteiger partial charge in [0.15, 0.2) is 5.82 Å². The monoisotopic (exact) mass is 330 g/mol. The van der Waals surface area contributed by atoms with Crippen LogP contribution in [0.5, 0.6) is 0 Å². The zero-order valence-electron chi connectivity index (χ0n) is 14.3. The van der Waals surface area contributed by atoms with Crippen LogP contribution in [0.25, 0.3) is 11.5 Å². The van der Waals surface area contributed by atoms with E-state index in [9.17, 15) is 9.59 Å². The molecule has 1 aromatic heterocycles. The number of likely N-dealkylation sites (N-methyl/N-ethyl adjacent to an activating group) is 1. The maximum atomic E-state index is 12.4. The molecular weight excluding hydrogens is 308 g/mol.